The van der Waals surface area contributed by atoms with Gasteiger partial charge in [-0.25, -0.2) is 5.53 Å². The van der Waals surface area contributed by atoms with Crippen LogP contribution in [-0.2, 0) is 0 Å². The standard InChI is InChI=1S/C20H42N4/c1-3-4-5-6-7-8-9-10-11-12-13-14-15-16-17-18-19(2)20-21-23-24-22-20/h19-20H,3-18H2,1-2H3,(H,21,24)(H,22,23). The van der Waals surface area contributed by atoms with Crippen LogP contribution in [0.15, 0.2) is 10.3 Å². The quantitative estimate of drug-likeness (QED) is 0.290. The maximum atomic E-state index is 4.13. The van der Waals surface area contributed by atoms with Crippen LogP contribution in [-0.4, -0.2) is 6.17 Å². The third kappa shape index (κ3) is 11.8. The first-order chi connectivity index (χ1) is 11.8. The van der Waals surface area contributed by atoms with Gasteiger partial charge in [0.05, 0.1) is 0 Å². The summed E-state index contributed by atoms with van der Waals surface area (Å²) >= 11 is 0. The highest BCUT2D eigenvalue weighted by molar-refractivity contribution is 4.69. The molecule has 4 nitrogen and oxygen atoms in total. The van der Waals surface area contributed by atoms with Crippen LogP contribution in [0.2, 0.25) is 0 Å². The molecule has 0 bridgehead atoms. The van der Waals surface area contributed by atoms with E-state index < -0.39 is 0 Å². The molecule has 0 spiro atoms. The predicted molar refractivity (Wildman–Crippen MR) is 104 cm³/mol. The Morgan fingerprint density at radius 1 is 0.708 bits per heavy atom. The highest BCUT2D eigenvalue weighted by Gasteiger charge is 2.18. The zero-order valence-electron chi connectivity index (χ0n) is 16.4. The molecular weight excluding hydrogens is 296 g/mol. The first kappa shape index (κ1) is 21.4. The molecule has 2 unspecified atom stereocenters. The van der Waals surface area contributed by atoms with Crippen LogP contribution < -0.4 is 11.0 Å². The topological polar surface area (TPSA) is 48.8 Å². The molecule has 2 atom stereocenters. The smallest absolute Gasteiger partial charge is 0.143 e. The molecule has 0 amide bonds. The second kappa shape index (κ2) is 15.9. The first-order valence-corrected chi connectivity index (χ1v) is 10.7. The Hall–Kier alpha value is -0.640. The van der Waals surface area contributed by atoms with Gasteiger partial charge >= 0.3 is 0 Å². The molecule has 0 aliphatic carbocycles. The zero-order valence-corrected chi connectivity index (χ0v) is 16.4. The van der Waals surface area contributed by atoms with Crippen molar-refractivity contribution in [2.24, 2.45) is 16.3 Å². The van der Waals surface area contributed by atoms with Gasteiger partial charge in [0.1, 0.15) is 6.17 Å². The van der Waals surface area contributed by atoms with Gasteiger partial charge in [-0.05, 0) is 12.3 Å². The minimum Gasteiger partial charge on any atom is -0.222 e. The number of unbranched alkanes of at least 4 members (excludes halogenated alkanes) is 14. The van der Waals surface area contributed by atoms with E-state index in [9.17, 15) is 0 Å². The SMILES string of the molecule is CCCCCCCCCCCCCCCCCC(C)C1N=NNN1. The van der Waals surface area contributed by atoms with Crippen LogP contribution in [0, 0.1) is 5.92 Å². The van der Waals surface area contributed by atoms with Gasteiger partial charge in [0.25, 0.3) is 0 Å². The number of hydrogen-bond acceptors (Lipinski definition) is 4. The van der Waals surface area contributed by atoms with Crippen molar-refractivity contribution < 1.29 is 0 Å². The van der Waals surface area contributed by atoms with E-state index in [1.54, 1.807) is 0 Å². The van der Waals surface area contributed by atoms with Gasteiger partial charge in [0.15, 0.2) is 0 Å². The molecule has 1 heterocycles. The average Bonchev–Trinajstić information content (AvgIpc) is 3.13. The van der Waals surface area contributed by atoms with Crippen LogP contribution in [0.3, 0.4) is 0 Å². The van der Waals surface area contributed by atoms with Gasteiger partial charge in [-0.1, -0.05) is 115 Å². The van der Waals surface area contributed by atoms with Crippen molar-refractivity contribution in [1.82, 2.24) is 11.0 Å². The third-order valence-electron chi connectivity index (χ3n) is 5.25. The lowest BCUT2D eigenvalue weighted by Gasteiger charge is -2.14. The average molecular weight is 339 g/mol. The summed E-state index contributed by atoms with van der Waals surface area (Å²) < 4.78 is 0. The Morgan fingerprint density at radius 2 is 1.17 bits per heavy atom. The first-order valence-electron chi connectivity index (χ1n) is 10.7. The molecule has 0 radical (unpaired) electrons. The number of nitrogens with zero attached hydrogens (tertiary/aromatic N) is 2. The Labute approximate surface area is 150 Å². The molecule has 1 rings (SSSR count). The van der Waals surface area contributed by atoms with Gasteiger partial charge in [-0.2, -0.15) is 5.43 Å². The summed E-state index contributed by atoms with van der Waals surface area (Å²) in [5.74, 6) is 0.575. The molecule has 0 saturated heterocycles. The van der Waals surface area contributed by atoms with E-state index >= 15 is 0 Å². The third-order valence-corrected chi connectivity index (χ3v) is 5.25. The highest BCUT2D eigenvalue weighted by atomic mass is 15.7. The van der Waals surface area contributed by atoms with E-state index in [0.717, 1.165) is 0 Å². The van der Waals surface area contributed by atoms with Gasteiger partial charge < -0.3 is 0 Å². The summed E-state index contributed by atoms with van der Waals surface area (Å²) in [4.78, 5) is 0. The maximum Gasteiger partial charge on any atom is 0.143 e. The van der Waals surface area contributed by atoms with Gasteiger partial charge in [-0.3, -0.25) is 0 Å². The van der Waals surface area contributed by atoms with E-state index in [2.05, 4.69) is 35.1 Å². The van der Waals surface area contributed by atoms with E-state index in [1.165, 1.54) is 103 Å². The fourth-order valence-corrected chi connectivity index (χ4v) is 3.47. The monoisotopic (exact) mass is 338 g/mol. The molecule has 4 heteroatoms. The molecule has 2 N–H and O–H groups in total. The highest BCUT2D eigenvalue weighted by Crippen LogP contribution is 2.17. The number of rotatable bonds is 17. The van der Waals surface area contributed by atoms with Crippen molar-refractivity contribution >= 4 is 0 Å². The Kier molecular flexibility index (Phi) is 14.1. The van der Waals surface area contributed by atoms with Crippen molar-refractivity contribution in [1.29, 1.82) is 0 Å². The molecule has 0 aromatic carbocycles. The van der Waals surface area contributed by atoms with Gasteiger partial charge in [0.2, 0.25) is 0 Å². The van der Waals surface area contributed by atoms with E-state index in [0.29, 0.717) is 5.92 Å². The second-order valence-corrected chi connectivity index (χ2v) is 7.63. The molecule has 1 aliphatic rings. The summed E-state index contributed by atoms with van der Waals surface area (Å²) in [5, 5.41) is 7.90. The van der Waals surface area contributed by atoms with Crippen LogP contribution >= 0.6 is 0 Å². The Bertz CT molecular complexity index is 293. The normalized spacial score (nSPS) is 18.0. The van der Waals surface area contributed by atoms with Crippen LogP contribution in [0.1, 0.15) is 117 Å². The van der Waals surface area contributed by atoms with Crippen LogP contribution in [0.4, 0.5) is 0 Å². The summed E-state index contributed by atoms with van der Waals surface area (Å²) in [5.41, 5.74) is 5.79. The molecule has 0 fully saturated rings. The molecular formula is C20H42N4. The Morgan fingerprint density at radius 3 is 1.58 bits per heavy atom. The van der Waals surface area contributed by atoms with Crippen LogP contribution in [0.25, 0.3) is 0 Å². The van der Waals surface area contributed by atoms with Gasteiger partial charge in [-0.15, -0.1) is 5.11 Å². The second-order valence-electron chi connectivity index (χ2n) is 7.63. The van der Waals surface area contributed by atoms with Crippen LogP contribution in [0.5, 0.6) is 0 Å². The predicted octanol–water partition coefficient (Wildman–Crippen LogP) is 6.69. The van der Waals surface area contributed by atoms with Crippen molar-refractivity contribution in [3.8, 4) is 0 Å². The van der Waals surface area contributed by atoms with E-state index in [4.69, 9.17) is 0 Å². The maximum absolute atomic E-state index is 4.13. The van der Waals surface area contributed by atoms with E-state index in [-0.39, 0.29) is 6.17 Å². The summed E-state index contributed by atoms with van der Waals surface area (Å²) in [6.45, 7) is 4.55. The molecule has 0 aromatic rings. The molecule has 1 aliphatic heterocycles. The zero-order chi connectivity index (χ0) is 17.3. The van der Waals surface area contributed by atoms with Crippen molar-refractivity contribution in [2.75, 3.05) is 0 Å². The molecule has 0 saturated carbocycles. The van der Waals surface area contributed by atoms with Crippen molar-refractivity contribution in [3.05, 3.63) is 0 Å². The Balaban J connectivity index is 1.71. The van der Waals surface area contributed by atoms with Gasteiger partial charge in [0, 0.05) is 0 Å². The summed E-state index contributed by atoms with van der Waals surface area (Å²) in [7, 11) is 0. The molecule has 24 heavy (non-hydrogen) atoms. The lowest BCUT2D eigenvalue weighted by atomic mass is 9.99. The largest absolute Gasteiger partial charge is 0.222 e. The summed E-state index contributed by atoms with van der Waals surface area (Å²) in [6.07, 6.45) is 22.9. The van der Waals surface area contributed by atoms with E-state index in [1.807, 2.05) is 0 Å². The fourth-order valence-electron chi connectivity index (χ4n) is 3.47. The number of hydrazine groups is 1. The fraction of sp³-hybridized carbons (Fsp3) is 1.00. The molecule has 142 valence electrons. The summed E-state index contributed by atoms with van der Waals surface area (Å²) in [6, 6.07) is 0. The lowest BCUT2D eigenvalue weighted by molar-refractivity contribution is 0.361. The van der Waals surface area contributed by atoms with Crippen molar-refractivity contribution in [3.63, 3.8) is 0 Å². The number of hydrogen-bond donors (Lipinski definition) is 2. The molecule has 0 aromatic heterocycles. The van der Waals surface area contributed by atoms with Crippen molar-refractivity contribution in [2.45, 2.75) is 123 Å². The lowest BCUT2D eigenvalue weighted by Crippen LogP contribution is -2.34. The number of nitrogens with one attached hydrogen (secondary N) is 2. The minimum atomic E-state index is 0.177. The minimum absolute atomic E-state index is 0.177.